The number of amides is 1. The van der Waals surface area contributed by atoms with Gasteiger partial charge in [-0.15, -0.1) is 0 Å². The van der Waals surface area contributed by atoms with Gasteiger partial charge in [0.05, 0.1) is 23.5 Å². The lowest BCUT2D eigenvalue weighted by molar-refractivity contribution is -0.118. The fourth-order valence-electron chi connectivity index (χ4n) is 3.37. The monoisotopic (exact) mass is 412 g/mol. The van der Waals surface area contributed by atoms with Crippen LogP contribution in [0, 0.1) is 0 Å². The standard InChI is InChI=1S/C23H28N2O5/c1-2-28-20-11-7-6-10-19(20)25-22(26)15-29-21-14-16(12-13-18(21)24)23(27)30-17-8-4-3-5-9-17/h6-7,10-14,17H,2-5,8-9,15,24H2,1H3,(H,25,26). The van der Waals surface area contributed by atoms with Gasteiger partial charge in [-0.25, -0.2) is 4.79 Å². The summed E-state index contributed by atoms with van der Waals surface area (Å²) < 4.78 is 16.6. The van der Waals surface area contributed by atoms with Crippen molar-refractivity contribution >= 4 is 23.3 Å². The molecule has 7 nitrogen and oxygen atoms in total. The summed E-state index contributed by atoms with van der Waals surface area (Å²) in [5.74, 6) is 0.0836. The number of nitrogens with one attached hydrogen (secondary N) is 1. The zero-order chi connectivity index (χ0) is 21.3. The molecule has 0 heterocycles. The molecule has 1 aliphatic rings. The maximum atomic E-state index is 12.4. The Morgan fingerprint density at radius 3 is 2.57 bits per heavy atom. The first-order valence-corrected chi connectivity index (χ1v) is 10.3. The van der Waals surface area contributed by atoms with E-state index in [1.807, 2.05) is 13.0 Å². The predicted molar refractivity (Wildman–Crippen MR) is 115 cm³/mol. The molecule has 1 amide bonds. The normalized spacial score (nSPS) is 14.0. The van der Waals surface area contributed by atoms with Crippen LogP contribution in [-0.4, -0.2) is 31.2 Å². The number of rotatable bonds is 8. The number of hydrogen-bond acceptors (Lipinski definition) is 6. The van der Waals surface area contributed by atoms with Gasteiger partial charge in [-0.05, 0) is 62.9 Å². The lowest BCUT2D eigenvalue weighted by atomic mass is 9.98. The van der Waals surface area contributed by atoms with Crippen LogP contribution < -0.4 is 20.5 Å². The molecule has 1 aliphatic carbocycles. The minimum absolute atomic E-state index is 0.0376. The molecule has 1 fully saturated rings. The average molecular weight is 412 g/mol. The molecule has 0 radical (unpaired) electrons. The molecule has 30 heavy (non-hydrogen) atoms. The van der Waals surface area contributed by atoms with Crippen LogP contribution in [0.2, 0.25) is 0 Å². The lowest BCUT2D eigenvalue weighted by Crippen LogP contribution is -2.22. The van der Waals surface area contributed by atoms with Crippen LogP contribution in [0.25, 0.3) is 0 Å². The van der Waals surface area contributed by atoms with Gasteiger partial charge >= 0.3 is 5.97 Å². The average Bonchev–Trinajstić information content (AvgIpc) is 2.75. The molecular formula is C23H28N2O5. The summed E-state index contributed by atoms with van der Waals surface area (Å²) in [6.45, 7) is 2.10. The van der Waals surface area contributed by atoms with E-state index in [1.54, 1.807) is 30.3 Å². The van der Waals surface area contributed by atoms with Gasteiger partial charge in [0.1, 0.15) is 17.6 Å². The first kappa shape index (κ1) is 21.5. The predicted octanol–water partition coefficient (Wildman–Crippen LogP) is 4.17. The van der Waals surface area contributed by atoms with Gasteiger partial charge in [0.25, 0.3) is 5.91 Å². The lowest BCUT2D eigenvalue weighted by Gasteiger charge is -2.22. The number of para-hydroxylation sites is 2. The Morgan fingerprint density at radius 1 is 1.03 bits per heavy atom. The van der Waals surface area contributed by atoms with Gasteiger partial charge in [0, 0.05) is 0 Å². The van der Waals surface area contributed by atoms with Crippen molar-refractivity contribution in [2.45, 2.75) is 45.1 Å². The highest BCUT2D eigenvalue weighted by molar-refractivity contribution is 5.94. The van der Waals surface area contributed by atoms with Gasteiger partial charge in [0.2, 0.25) is 0 Å². The topological polar surface area (TPSA) is 99.9 Å². The fourth-order valence-corrected chi connectivity index (χ4v) is 3.37. The molecule has 2 aromatic carbocycles. The summed E-state index contributed by atoms with van der Waals surface area (Å²) in [6, 6.07) is 11.9. The van der Waals surface area contributed by atoms with Crippen LogP contribution in [0.3, 0.4) is 0 Å². The van der Waals surface area contributed by atoms with Gasteiger partial charge in [-0.2, -0.15) is 0 Å². The molecule has 0 spiro atoms. The van der Waals surface area contributed by atoms with Crippen molar-refractivity contribution in [1.29, 1.82) is 0 Å². The highest BCUT2D eigenvalue weighted by Crippen LogP contribution is 2.26. The SMILES string of the molecule is CCOc1ccccc1NC(=O)COc1cc(C(=O)OC2CCCCC2)ccc1N. The molecule has 0 aliphatic heterocycles. The van der Waals surface area contributed by atoms with Crippen LogP contribution >= 0.6 is 0 Å². The summed E-state index contributed by atoms with van der Waals surface area (Å²) >= 11 is 0. The van der Waals surface area contributed by atoms with Gasteiger partial charge in [-0.3, -0.25) is 4.79 Å². The zero-order valence-electron chi connectivity index (χ0n) is 17.2. The molecule has 3 N–H and O–H groups in total. The van der Waals surface area contributed by atoms with Crippen molar-refractivity contribution in [3.8, 4) is 11.5 Å². The quantitative estimate of drug-likeness (QED) is 0.498. The van der Waals surface area contributed by atoms with E-state index in [0.717, 1.165) is 25.7 Å². The van der Waals surface area contributed by atoms with Gasteiger partial charge in [0.15, 0.2) is 6.61 Å². The number of anilines is 2. The molecule has 7 heteroatoms. The first-order chi connectivity index (χ1) is 14.6. The maximum Gasteiger partial charge on any atom is 0.338 e. The van der Waals surface area contributed by atoms with E-state index in [0.29, 0.717) is 29.3 Å². The van der Waals surface area contributed by atoms with Gasteiger partial charge < -0.3 is 25.3 Å². The molecule has 3 rings (SSSR count). The Bertz CT molecular complexity index is 878. The Balaban J connectivity index is 1.59. The maximum absolute atomic E-state index is 12.4. The highest BCUT2D eigenvalue weighted by atomic mass is 16.5. The second-order valence-electron chi connectivity index (χ2n) is 7.18. The Morgan fingerprint density at radius 2 is 1.80 bits per heavy atom. The van der Waals surface area contributed by atoms with Crippen molar-refractivity contribution in [2.24, 2.45) is 0 Å². The zero-order valence-corrected chi connectivity index (χ0v) is 17.2. The smallest absolute Gasteiger partial charge is 0.338 e. The van der Waals surface area contributed by atoms with E-state index >= 15 is 0 Å². The summed E-state index contributed by atoms with van der Waals surface area (Å²) in [5, 5.41) is 2.76. The second-order valence-corrected chi connectivity index (χ2v) is 7.18. The number of benzene rings is 2. The number of hydrogen-bond donors (Lipinski definition) is 2. The van der Waals surface area contributed by atoms with Crippen molar-refractivity contribution in [1.82, 2.24) is 0 Å². The van der Waals surface area contributed by atoms with Crippen LogP contribution in [-0.2, 0) is 9.53 Å². The van der Waals surface area contributed by atoms with E-state index in [-0.39, 0.29) is 24.4 Å². The molecule has 160 valence electrons. The largest absolute Gasteiger partial charge is 0.492 e. The van der Waals surface area contributed by atoms with E-state index in [2.05, 4.69) is 5.32 Å². The summed E-state index contributed by atoms with van der Waals surface area (Å²) in [5.41, 5.74) is 7.20. The van der Waals surface area contributed by atoms with Crippen LogP contribution in [0.1, 0.15) is 49.4 Å². The van der Waals surface area contributed by atoms with E-state index in [1.165, 1.54) is 12.5 Å². The summed E-state index contributed by atoms with van der Waals surface area (Å²) in [7, 11) is 0. The van der Waals surface area contributed by atoms with E-state index in [9.17, 15) is 9.59 Å². The van der Waals surface area contributed by atoms with E-state index < -0.39 is 5.97 Å². The van der Waals surface area contributed by atoms with Crippen LogP contribution in [0.15, 0.2) is 42.5 Å². The Kier molecular flexibility index (Phi) is 7.54. The molecule has 1 saturated carbocycles. The molecule has 2 aromatic rings. The molecule has 0 bridgehead atoms. The minimum Gasteiger partial charge on any atom is -0.492 e. The van der Waals surface area contributed by atoms with E-state index in [4.69, 9.17) is 19.9 Å². The molecule has 0 atom stereocenters. The molecule has 0 saturated heterocycles. The third-order valence-electron chi connectivity index (χ3n) is 4.89. The Labute approximate surface area is 176 Å². The van der Waals surface area contributed by atoms with Crippen molar-refractivity contribution in [2.75, 3.05) is 24.3 Å². The number of nitrogens with two attached hydrogens (primary N) is 1. The van der Waals surface area contributed by atoms with Crippen LogP contribution in [0.4, 0.5) is 11.4 Å². The number of ether oxygens (including phenoxy) is 3. The third kappa shape index (κ3) is 5.89. The van der Waals surface area contributed by atoms with Crippen molar-refractivity contribution in [3.63, 3.8) is 0 Å². The number of nitrogen functional groups attached to an aromatic ring is 1. The molecule has 0 aromatic heterocycles. The molecular weight excluding hydrogens is 384 g/mol. The Hall–Kier alpha value is -3.22. The van der Waals surface area contributed by atoms with Crippen molar-refractivity contribution < 1.29 is 23.8 Å². The first-order valence-electron chi connectivity index (χ1n) is 10.3. The summed E-state index contributed by atoms with van der Waals surface area (Å²) in [6.07, 6.45) is 5.10. The summed E-state index contributed by atoms with van der Waals surface area (Å²) in [4.78, 5) is 24.8. The van der Waals surface area contributed by atoms with Crippen molar-refractivity contribution in [3.05, 3.63) is 48.0 Å². The van der Waals surface area contributed by atoms with Crippen LogP contribution in [0.5, 0.6) is 11.5 Å². The number of esters is 1. The fraction of sp³-hybridized carbons (Fsp3) is 0.391. The highest BCUT2D eigenvalue weighted by Gasteiger charge is 2.20. The van der Waals surface area contributed by atoms with Gasteiger partial charge in [-0.1, -0.05) is 18.6 Å². The second kappa shape index (κ2) is 10.5. The minimum atomic E-state index is -0.401. The number of carbonyl (C=O) groups is 2. The third-order valence-corrected chi connectivity index (χ3v) is 4.89. The number of carbonyl (C=O) groups excluding carboxylic acids is 2. The molecule has 0 unspecified atom stereocenters.